The first-order valence-corrected chi connectivity index (χ1v) is 6.79. The van der Waals surface area contributed by atoms with Gasteiger partial charge in [0.2, 0.25) is 0 Å². The van der Waals surface area contributed by atoms with Gasteiger partial charge in [-0.3, -0.25) is 0 Å². The van der Waals surface area contributed by atoms with Crippen molar-refractivity contribution in [1.29, 1.82) is 0 Å². The number of aliphatic hydroxyl groups is 1. The van der Waals surface area contributed by atoms with E-state index in [2.05, 4.69) is 5.32 Å². The van der Waals surface area contributed by atoms with E-state index in [1.807, 2.05) is 38.1 Å². The molecule has 1 aromatic rings. The van der Waals surface area contributed by atoms with E-state index in [9.17, 15) is 9.90 Å². The summed E-state index contributed by atoms with van der Waals surface area (Å²) in [5.41, 5.74) is 1.18. The number of ether oxygens (including phenoxy) is 1. The van der Waals surface area contributed by atoms with Gasteiger partial charge in [-0.15, -0.1) is 0 Å². The Bertz CT molecular complexity index is 418. The van der Waals surface area contributed by atoms with Gasteiger partial charge >= 0.3 is 6.03 Å². The Kier molecular flexibility index (Phi) is 6.31. The summed E-state index contributed by atoms with van der Waals surface area (Å²) in [5.74, 6) is 0.787. The van der Waals surface area contributed by atoms with E-state index >= 15 is 0 Å². The number of urea groups is 1. The molecule has 1 rings (SSSR count). The van der Waals surface area contributed by atoms with Crippen molar-refractivity contribution in [2.75, 3.05) is 20.1 Å². The second-order valence-electron chi connectivity index (χ2n) is 5.16. The van der Waals surface area contributed by atoms with Crippen LogP contribution < -0.4 is 10.1 Å². The number of aryl methyl sites for hydroxylation is 1. The molecule has 0 radical (unpaired) electrons. The maximum atomic E-state index is 11.7. The van der Waals surface area contributed by atoms with Crippen molar-refractivity contribution in [3.05, 3.63) is 29.8 Å². The fraction of sp³-hybridized carbons (Fsp3) is 0.533. The lowest BCUT2D eigenvalue weighted by molar-refractivity contribution is 0.141. The van der Waals surface area contributed by atoms with Gasteiger partial charge in [0, 0.05) is 13.6 Å². The fourth-order valence-electron chi connectivity index (χ4n) is 1.74. The van der Waals surface area contributed by atoms with E-state index < -0.39 is 6.10 Å². The number of benzene rings is 1. The van der Waals surface area contributed by atoms with E-state index in [0.717, 1.165) is 5.75 Å². The number of nitrogens with zero attached hydrogens (tertiary/aromatic N) is 1. The Morgan fingerprint density at radius 3 is 2.50 bits per heavy atom. The third-order valence-electron chi connectivity index (χ3n) is 2.78. The highest BCUT2D eigenvalue weighted by Gasteiger charge is 2.12. The normalized spacial score (nSPS) is 13.4. The Morgan fingerprint density at radius 1 is 1.35 bits per heavy atom. The number of carbonyl (C=O) groups excluding carboxylic acids is 1. The minimum atomic E-state index is -0.535. The Balaban J connectivity index is 2.34. The zero-order valence-corrected chi connectivity index (χ0v) is 12.6. The summed E-state index contributed by atoms with van der Waals surface area (Å²) >= 11 is 0. The van der Waals surface area contributed by atoms with E-state index in [-0.39, 0.29) is 12.1 Å². The summed E-state index contributed by atoms with van der Waals surface area (Å²) in [6, 6.07) is 7.57. The summed E-state index contributed by atoms with van der Waals surface area (Å²) in [6.45, 7) is 6.28. The number of likely N-dealkylation sites (N-methyl/N-ethyl adjacent to an activating group) is 1. The second-order valence-corrected chi connectivity index (χ2v) is 5.16. The highest BCUT2D eigenvalue weighted by atomic mass is 16.5. The molecular weight excluding hydrogens is 256 g/mol. The standard InChI is InChI=1S/C15H24N2O3/c1-11-5-7-14(8-6-11)20-13(3)9-16-15(19)17(4)10-12(2)18/h5-8,12-13,18H,9-10H2,1-4H3,(H,16,19). The van der Waals surface area contributed by atoms with Crippen LogP contribution in [0.4, 0.5) is 4.79 Å². The lowest BCUT2D eigenvalue weighted by atomic mass is 10.2. The third-order valence-corrected chi connectivity index (χ3v) is 2.78. The molecule has 0 aliphatic carbocycles. The zero-order chi connectivity index (χ0) is 15.1. The van der Waals surface area contributed by atoms with E-state index in [0.29, 0.717) is 13.1 Å². The van der Waals surface area contributed by atoms with Crippen LogP contribution in [0, 0.1) is 6.92 Å². The predicted molar refractivity (Wildman–Crippen MR) is 79.0 cm³/mol. The minimum absolute atomic E-state index is 0.124. The number of nitrogens with one attached hydrogen (secondary N) is 1. The van der Waals surface area contributed by atoms with Crippen molar-refractivity contribution in [2.45, 2.75) is 33.0 Å². The Morgan fingerprint density at radius 2 is 1.95 bits per heavy atom. The van der Waals surface area contributed by atoms with E-state index in [4.69, 9.17) is 4.74 Å². The summed E-state index contributed by atoms with van der Waals surface area (Å²) < 4.78 is 5.70. The van der Waals surface area contributed by atoms with Gasteiger partial charge in [0.15, 0.2) is 0 Å². The number of hydrogen-bond donors (Lipinski definition) is 2. The summed E-state index contributed by atoms with van der Waals surface area (Å²) in [7, 11) is 1.65. The fourth-order valence-corrected chi connectivity index (χ4v) is 1.74. The van der Waals surface area contributed by atoms with Gasteiger partial charge in [0.1, 0.15) is 11.9 Å². The molecule has 20 heavy (non-hydrogen) atoms. The van der Waals surface area contributed by atoms with Crippen LogP contribution >= 0.6 is 0 Å². The molecule has 0 saturated carbocycles. The van der Waals surface area contributed by atoms with E-state index in [1.54, 1.807) is 14.0 Å². The quantitative estimate of drug-likeness (QED) is 0.835. The second kappa shape index (κ2) is 7.75. The average Bonchev–Trinajstić information content (AvgIpc) is 2.38. The molecule has 0 aliphatic heterocycles. The van der Waals surface area contributed by atoms with Crippen LogP contribution in [0.3, 0.4) is 0 Å². The first kappa shape index (κ1) is 16.3. The predicted octanol–water partition coefficient (Wildman–Crippen LogP) is 1.78. The molecule has 2 unspecified atom stereocenters. The first-order valence-electron chi connectivity index (χ1n) is 6.79. The van der Waals surface area contributed by atoms with Crippen molar-refractivity contribution < 1.29 is 14.6 Å². The summed E-state index contributed by atoms with van der Waals surface area (Å²) in [4.78, 5) is 13.2. The highest BCUT2D eigenvalue weighted by Crippen LogP contribution is 2.12. The maximum Gasteiger partial charge on any atom is 0.317 e. The smallest absolute Gasteiger partial charge is 0.317 e. The minimum Gasteiger partial charge on any atom is -0.489 e. The SMILES string of the molecule is Cc1ccc(OC(C)CNC(=O)N(C)CC(C)O)cc1. The monoisotopic (exact) mass is 280 g/mol. The molecular formula is C15H24N2O3. The van der Waals surface area contributed by atoms with Crippen LogP contribution in [0.25, 0.3) is 0 Å². The van der Waals surface area contributed by atoms with Crippen LogP contribution in [0.15, 0.2) is 24.3 Å². The van der Waals surface area contributed by atoms with Gasteiger partial charge in [-0.2, -0.15) is 0 Å². The number of rotatable bonds is 6. The van der Waals surface area contributed by atoms with Gasteiger partial charge in [0.05, 0.1) is 12.6 Å². The van der Waals surface area contributed by atoms with Gasteiger partial charge in [-0.1, -0.05) is 17.7 Å². The molecule has 2 N–H and O–H groups in total. The van der Waals surface area contributed by atoms with Crippen molar-refractivity contribution >= 4 is 6.03 Å². The van der Waals surface area contributed by atoms with Crippen LogP contribution in [0.2, 0.25) is 0 Å². The van der Waals surface area contributed by atoms with Crippen molar-refractivity contribution in [2.24, 2.45) is 0 Å². The molecule has 0 saturated heterocycles. The molecule has 2 amide bonds. The van der Waals surface area contributed by atoms with Crippen LogP contribution in [-0.2, 0) is 0 Å². The molecule has 0 heterocycles. The van der Waals surface area contributed by atoms with Gasteiger partial charge < -0.3 is 20.1 Å². The number of hydrogen-bond acceptors (Lipinski definition) is 3. The van der Waals surface area contributed by atoms with Crippen LogP contribution in [-0.4, -0.2) is 48.4 Å². The highest BCUT2D eigenvalue weighted by molar-refractivity contribution is 5.73. The largest absolute Gasteiger partial charge is 0.489 e. The molecule has 0 bridgehead atoms. The first-order chi connectivity index (χ1) is 9.38. The third kappa shape index (κ3) is 5.93. The van der Waals surface area contributed by atoms with Crippen molar-refractivity contribution in [1.82, 2.24) is 10.2 Å². The molecule has 0 spiro atoms. The molecule has 0 fully saturated rings. The summed E-state index contributed by atoms with van der Waals surface area (Å²) in [5, 5.41) is 12.0. The maximum absolute atomic E-state index is 11.7. The van der Waals surface area contributed by atoms with E-state index in [1.165, 1.54) is 10.5 Å². The van der Waals surface area contributed by atoms with Crippen LogP contribution in [0.1, 0.15) is 19.4 Å². The summed E-state index contributed by atoms with van der Waals surface area (Å²) in [6.07, 6.45) is -0.659. The Hall–Kier alpha value is -1.75. The number of aliphatic hydroxyl groups excluding tert-OH is 1. The molecule has 1 aromatic carbocycles. The molecule has 2 atom stereocenters. The molecule has 0 aliphatic rings. The lowest BCUT2D eigenvalue weighted by Crippen LogP contribution is -2.43. The number of amides is 2. The van der Waals surface area contributed by atoms with Crippen molar-refractivity contribution in [3.8, 4) is 5.75 Å². The van der Waals surface area contributed by atoms with Crippen LogP contribution in [0.5, 0.6) is 5.75 Å². The Labute approximate surface area is 120 Å². The van der Waals surface area contributed by atoms with Gasteiger partial charge in [-0.05, 0) is 32.9 Å². The molecule has 112 valence electrons. The molecule has 0 aromatic heterocycles. The topological polar surface area (TPSA) is 61.8 Å². The molecule has 5 heteroatoms. The number of carbonyl (C=O) groups is 1. The zero-order valence-electron chi connectivity index (χ0n) is 12.6. The lowest BCUT2D eigenvalue weighted by Gasteiger charge is -2.21. The van der Waals surface area contributed by atoms with Crippen molar-refractivity contribution in [3.63, 3.8) is 0 Å². The van der Waals surface area contributed by atoms with Gasteiger partial charge in [-0.25, -0.2) is 4.79 Å². The molecule has 5 nitrogen and oxygen atoms in total. The average molecular weight is 280 g/mol. The van der Waals surface area contributed by atoms with Gasteiger partial charge in [0.25, 0.3) is 0 Å².